The van der Waals surface area contributed by atoms with Gasteiger partial charge in [-0.15, -0.1) is 0 Å². The molecule has 1 N–H and O–H groups in total. The second-order valence-electron chi connectivity index (χ2n) is 5.60. The molecule has 1 aromatic carbocycles. The van der Waals surface area contributed by atoms with Crippen LogP contribution in [0.5, 0.6) is 0 Å². The van der Waals surface area contributed by atoms with Crippen molar-refractivity contribution in [1.29, 1.82) is 0 Å². The highest BCUT2D eigenvalue weighted by molar-refractivity contribution is 5.94. The molecule has 0 spiro atoms. The van der Waals surface area contributed by atoms with Gasteiger partial charge in [0.15, 0.2) is 0 Å². The third-order valence-electron chi connectivity index (χ3n) is 4.12. The monoisotopic (exact) mass is 311 g/mol. The fourth-order valence-electron chi connectivity index (χ4n) is 2.70. The molecule has 1 amide bonds. The van der Waals surface area contributed by atoms with Gasteiger partial charge >= 0.3 is 0 Å². The van der Waals surface area contributed by atoms with Crippen LogP contribution < -0.4 is 10.2 Å². The number of benzene rings is 1. The summed E-state index contributed by atoms with van der Waals surface area (Å²) in [5, 5.41) is 2.96. The van der Waals surface area contributed by atoms with Gasteiger partial charge in [-0.1, -0.05) is 18.2 Å². The first-order valence-electron chi connectivity index (χ1n) is 7.86. The van der Waals surface area contributed by atoms with Crippen molar-refractivity contribution in [1.82, 2.24) is 14.9 Å². The molecule has 120 valence electrons. The Hall–Kier alpha value is -2.47. The van der Waals surface area contributed by atoms with E-state index < -0.39 is 0 Å². The lowest BCUT2D eigenvalue weighted by Crippen LogP contribution is -2.53. The number of hydrogen-bond acceptors (Lipinski definition) is 5. The highest BCUT2D eigenvalue weighted by Gasteiger charge is 2.26. The molecule has 0 aliphatic carbocycles. The lowest BCUT2D eigenvalue weighted by molar-refractivity contribution is -0.120. The van der Waals surface area contributed by atoms with E-state index in [1.807, 2.05) is 43.3 Å². The summed E-state index contributed by atoms with van der Waals surface area (Å²) in [6.45, 7) is 5.25. The molecule has 1 fully saturated rings. The molecule has 1 saturated heterocycles. The number of hydrogen-bond donors (Lipinski definition) is 1. The van der Waals surface area contributed by atoms with Crippen molar-refractivity contribution in [2.45, 2.75) is 13.0 Å². The highest BCUT2D eigenvalue weighted by Crippen LogP contribution is 2.13. The Kier molecular flexibility index (Phi) is 4.83. The standard InChI is InChI=1S/C17H21N5O/c1-14(16(23)20-15-6-3-2-4-7-15)21-10-12-22(13-11-21)17-18-8-5-9-19-17/h2-9,14H,10-13H2,1H3,(H,20,23)/t14-/m1/s1. The number of amides is 1. The Bertz CT molecular complexity index is 626. The van der Waals surface area contributed by atoms with Crippen molar-refractivity contribution in [2.75, 3.05) is 36.4 Å². The lowest BCUT2D eigenvalue weighted by atomic mass is 10.2. The topological polar surface area (TPSA) is 61.4 Å². The summed E-state index contributed by atoms with van der Waals surface area (Å²) >= 11 is 0. The Morgan fingerprint density at radius 1 is 1.04 bits per heavy atom. The van der Waals surface area contributed by atoms with Crippen LogP contribution in [0.1, 0.15) is 6.92 Å². The summed E-state index contributed by atoms with van der Waals surface area (Å²) in [4.78, 5) is 25.3. The molecule has 6 heteroatoms. The van der Waals surface area contributed by atoms with Crippen molar-refractivity contribution in [2.24, 2.45) is 0 Å². The molecule has 3 rings (SSSR count). The predicted octanol–water partition coefficient (Wildman–Crippen LogP) is 1.63. The summed E-state index contributed by atoms with van der Waals surface area (Å²) in [6.07, 6.45) is 3.51. The van der Waals surface area contributed by atoms with Crippen LogP contribution in [0.4, 0.5) is 11.6 Å². The number of nitrogens with zero attached hydrogens (tertiary/aromatic N) is 4. The van der Waals surface area contributed by atoms with E-state index in [0.717, 1.165) is 37.8 Å². The number of piperazine rings is 1. The van der Waals surface area contributed by atoms with Gasteiger partial charge in [-0.3, -0.25) is 9.69 Å². The van der Waals surface area contributed by atoms with E-state index in [1.165, 1.54) is 0 Å². The van der Waals surface area contributed by atoms with Gasteiger partial charge in [0.2, 0.25) is 11.9 Å². The van der Waals surface area contributed by atoms with Crippen molar-refractivity contribution in [3.05, 3.63) is 48.8 Å². The number of carbonyl (C=O) groups excluding carboxylic acids is 1. The van der Waals surface area contributed by atoms with Crippen molar-refractivity contribution in [3.63, 3.8) is 0 Å². The first kappa shape index (κ1) is 15.4. The van der Waals surface area contributed by atoms with E-state index in [1.54, 1.807) is 12.4 Å². The second-order valence-corrected chi connectivity index (χ2v) is 5.60. The van der Waals surface area contributed by atoms with Crippen molar-refractivity contribution < 1.29 is 4.79 Å². The molecule has 0 saturated carbocycles. The average molecular weight is 311 g/mol. The molecule has 2 heterocycles. The molecular formula is C17H21N5O. The van der Waals surface area contributed by atoms with E-state index in [4.69, 9.17) is 0 Å². The number of nitrogens with one attached hydrogen (secondary N) is 1. The Morgan fingerprint density at radius 2 is 1.70 bits per heavy atom. The van der Waals surface area contributed by atoms with Crippen LogP contribution in [0.25, 0.3) is 0 Å². The highest BCUT2D eigenvalue weighted by atomic mass is 16.2. The fourth-order valence-corrected chi connectivity index (χ4v) is 2.70. The van der Waals surface area contributed by atoms with Gasteiger partial charge in [-0.25, -0.2) is 9.97 Å². The van der Waals surface area contributed by atoms with Gasteiger partial charge in [-0.05, 0) is 25.1 Å². The minimum absolute atomic E-state index is 0.0283. The summed E-state index contributed by atoms with van der Waals surface area (Å²) in [5.41, 5.74) is 0.834. The average Bonchev–Trinajstić information content (AvgIpc) is 2.63. The van der Waals surface area contributed by atoms with E-state index in [9.17, 15) is 4.79 Å². The maximum atomic E-state index is 12.4. The van der Waals surface area contributed by atoms with E-state index >= 15 is 0 Å². The predicted molar refractivity (Wildman–Crippen MR) is 90.4 cm³/mol. The van der Waals surface area contributed by atoms with Crippen LogP contribution in [0.3, 0.4) is 0 Å². The van der Waals surface area contributed by atoms with Crippen LogP contribution in [-0.2, 0) is 4.79 Å². The van der Waals surface area contributed by atoms with Crippen LogP contribution in [0.15, 0.2) is 48.8 Å². The molecule has 1 aromatic heterocycles. The summed E-state index contributed by atoms with van der Waals surface area (Å²) in [7, 11) is 0. The lowest BCUT2D eigenvalue weighted by Gasteiger charge is -2.37. The molecule has 6 nitrogen and oxygen atoms in total. The molecule has 0 bridgehead atoms. The van der Waals surface area contributed by atoms with Crippen molar-refractivity contribution >= 4 is 17.5 Å². The van der Waals surface area contributed by atoms with Gasteiger partial charge in [0, 0.05) is 44.3 Å². The zero-order valence-electron chi connectivity index (χ0n) is 13.2. The zero-order chi connectivity index (χ0) is 16.1. The summed E-state index contributed by atoms with van der Waals surface area (Å²) in [6, 6.07) is 11.2. The second kappa shape index (κ2) is 7.19. The molecule has 1 atom stereocenters. The van der Waals surface area contributed by atoms with Gasteiger partial charge in [0.05, 0.1) is 6.04 Å². The first-order chi connectivity index (χ1) is 11.2. The van der Waals surface area contributed by atoms with Crippen LogP contribution in [0.2, 0.25) is 0 Å². The number of anilines is 2. The van der Waals surface area contributed by atoms with Crippen LogP contribution in [0, 0.1) is 0 Å². The fraction of sp³-hybridized carbons (Fsp3) is 0.353. The summed E-state index contributed by atoms with van der Waals surface area (Å²) in [5.74, 6) is 0.786. The van der Waals surface area contributed by atoms with Crippen LogP contribution >= 0.6 is 0 Å². The Morgan fingerprint density at radius 3 is 2.35 bits per heavy atom. The number of para-hydroxylation sites is 1. The number of rotatable bonds is 4. The SMILES string of the molecule is C[C@H](C(=O)Nc1ccccc1)N1CCN(c2ncccn2)CC1. The van der Waals surface area contributed by atoms with Gasteiger partial charge in [0.1, 0.15) is 0 Å². The van der Waals surface area contributed by atoms with E-state index in [2.05, 4.69) is 25.1 Å². The minimum Gasteiger partial charge on any atom is -0.338 e. The van der Waals surface area contributed by atoms with Gasteiger partial charge < -0.3 is 10.2 Å². The molecule has 0 radical (unpaired) electrons. The molecule has 1 aliphatic heterocycles. The Balaban J connectivity index is 1.53. The van der Waals surface area contributed by atoms with E-state index in [0.29, 0.717) is 0 Å². The van der Waals surface area contributed by atoms with Crippen LogP contribution in [-0.4, -0.2) is 53.0 Å². The van der Waals surface area contributed by atoms with E-state index in [-0.39, 0.29) is 11.9 Å². The maximum absolute atomic E-state index is 12.4. The maximum Gasteiger partial charge on any atom is 0.241 e. The smallest absolute Gasteiger partial charge is 0.241 e. The third kappa shape index (κ3) is 3.84. The molecule has 1 aliphatic rings. The quantitative estimate of drug-likeness (QED) is 0.930. The zero-order valence-corrected chi connectivity index (χ0v) is 13.2. The third-order valence-corrected chi connectivity index (χ3v) is 4.12. The summed E-state index contributed by atoms with van der Waals surface area (Å²) < 4.78 is 0. The molecule has 23 heavy (non-hydrogen) atoms. The number of aromatic nitrogens is 2. The largest absolute Gasteiger partial charge is 0.338 e. The number of carbonyl (C=O) groups is 1. The minimum atomic E-state index is -0.158. The molecule has 2 aromatic rings. The first-order valence-corrected chi connectivity index (χ1v) is 7.86. The van der Waals surface area contributed by atoms with Crippen molar-refractivity contribution in [3.8, 4) is 0 Å². The Labute approximate surface area is 136 Å². The molecular weight excluding hydrogens is 290 g/mol. The molecule has 0 unspecified atom stereocenters. The van der Waals surface area contributed by atoms with Gasteiger partial charge in [-0.2, -0.15) is 0 Å². The van der Waals surface area contributed by atoms with Gasteiger partial charge in [0.25, 0.3) is 0 Å². The normalized spacial score (nSPS) is 16.8.